The number of carboxylic acids is 1. The van der Waals surface area contributed by atoms with Crippen molar-refractivity contribution in [3.63, 3.8) is 0 Å². The largest absolute Gasteiger partial charge is 0.481 e. The van der Waals surface area contributed by atoms with Crippen LogP contribution in [-0.2, 0) is 20.6 Å². The standard InChI is InChI=1S/C18H19N5O4S2/c1-19-29(26)15-5-3-4-11(9-15)12-6-13(8-14(7-12)23-27-2)17-20-18(22-21-17)28-10-16(24)25/h3-9,19,23H,10H2,1-2H3,(H,24,25)(H,20,21,22). The Morgan fingerprint density at radius 3 is 2.76 bits per heavy atom. The maximum atomic E-state index is 12.1. The van der Waals surface area contributed by atoms with E-state index in [4.69, 9.17) is 9.94 Å². The van der Waals surface area contributed by atoms with Crippen LogP contribution in [0.3, 0.4) is 0 Å². The van der Waals surface area contributed by atoms with Gasteiger partial charge in [-0.05, 0) is 48.5 Å². The number of nitrogens with one attached hydrogen (secondary N) is 3. The van der Waals surface area contributed by atoms with Gasteiger partial charge in [-0.15, -0.1) is 5.10 Å². The van der Waals surface area contributed by atoms with Gasteiger partial charge in [-0.25, -0.2) is 13.9 Å². The number of aromatic amines is 1. The van der Waals surface area contributed by atoms with Gasteiger partial charge in [-0.1, -0.05) is 23.9 Å². The Hall–Kier alpha value is -2.73. The van der Waals surface area contributed by atoms with E-state index in [9.17, 15) is 9.00 Å². The molecule has 2 aromatic carbocycles. The zero-order chi connectivity index (χ0) is 20.8. The van der Waals surface area contributed by atoms with Gasteiger partial charge in [0, 0.05) is 5.56 Å². The molecule has 152 valence electrons. The molecule has 11 heteroatoms. The average molecular weight is 434 g/mol. The van der Waals surface area contributed by atoms with Crippen molar-refractivity contribution in [3.05, 3.63) is 42.5 Å². The van der Waals surface area contributed by atoms with Crippen molar-refractivity contribution < 1.29 is 18.9 Å². The van der Waals surface area contributed by atoms with Gasteiger partial charge in [0.1, 0.15) is 11.0 Å². The summed E-state index contributed by atoms with van der Waals surface area (Å²) in [7, 11) is 1.85. The number of thioether (sulfide) groups is 1. The minimum absolute atomic E-state index is 0.122. The Morgan fingerprint density at radius 1 is 1.24 bits per heavy atom. The third-order valence-corrected chi connectivity index (χ3v) is 5.67. The van der Waals surface area contributed by atoms with E-state index in [2.05, 4.69) is 25.4 Å². The highest BCUT2D eigenvalue weighted by Crippen LogP contribution is 2.30. The van der Waals surface area contributed by atoms with Crippen LogP contribution >= 0.6 is 11.8 Å². The fourth-order valence-corrected chi connectivity index (χ4v) is 3.77. The minimum Gasteiger partial charge on any atom is -0.481 e. The number of aromatic nitrogens is 3. The fourth-order valence-electron chi connectivity index (χ4n) is 2.58. The highest BCUT2D eigenvalue weighted by atomic mass is 32.2. The second-order valence-electron chi connectivity index (χ2n) is 5.75. The first kappa shape index (κ1) is 21.0. The molecule has 4 N–H and O–H groups in total. The molecule has 1 aromatic heterocycles. The highest BCUT2D eigenvalue weighted by Gasteiger charge is 2.12. The lowest BCUT2D eigenvalue weighted by Gasteiger charge is -2.10. The van der Waals surface area contributed by atoms with Crippen LogP contribution in [0.5, 0.6) is 0 Å². The van der Waals surface area contributed by atoms with E-state index in [0.29, 0.717) is 21.6 Å². The van der Waals surface area contributed by atoms with E-state index in [-0.39, 0.29) is 5.75 Å². The number of benzene rings is 2. The second kappa shape index (κ2) is 9.65. The van der Waals surface area contributed by atoms with Crippen LogP contribution in [0.1, 0.15) is 0 Å². The lowest BCUT2D eigenvalue weighted by molar-refractivity contribution is -0.133. The topological polar surface area (TPSA) is 129 Å². The molecule has 0 spiro atoms. The molecule has 9 nitrogen and oxygen atoms in total. The van der Waals surface area contributed by atoms with Gasteiger partial charge < -0.3 is 5.11 Å². The predicted octanol–water partition coefficient (Wildman–Crippen LogP) is 2.53. The van der Waals surface area contributed by atoms with Crippen LogP contribution in [0.15, 0.2) is 52.5 Å². The number of rotatable bonds is 9. The number of H-pyrrole nitrogens is 1. The van der Waals surface area contributed by atoms with Crippen molar-refractivity contribution in [2.45, 2.75) is 10.1 Å². The molecule has 3 rings (SSSR count). The summed E-state index contributed by atoms with van der Waals surface area (Å²) < 4.78 is 14.8. The van der Waals surface area contributed by atoms with Gasteiger partial charge >= 0.3 is 5.97 Å². The number of nitrogens with zero attached hydrogens (tertiary/aromatic N) is 2. The van der Waals surface area contributed by atoms with Gasteiger partial charge in [0.15, 0.2) is 5.82 Å². The molecule has 0 aliphatic carbocycles. The lowest BCUT2D eigenvalue weighted by atomic mass is 10.0. The molecule has 0 saturated heterocycles. The first-order chi connectivity index (χ1) is 14.0. The molecule has 0 saturated carbocycles. The molecule has 0 bridgehead atoms. The summed E-state index contributed by atoms with van der Waals surface area (Å²) in [5, 5.41) is 16.0. The zero-order valence-electron chi connectivity index (χ0n) is 15.6. The molecule has 0 amide bonds. The van der Waals surface area contributed by atoms with Crippen molar-refractivity contribution >= 4 is 34.4 Å². The fraction of sp³-hybridized carbons (Fsp3) is 0.167. The predicted molar refractivity (Wildman–Crippen MR) is 112 cm³/mol. The first-order valence-electron chi connectivity index (χ1n) is 8.41. The van der Waals surface area contributed by atoms with E-state index in [1.165, 1.54) is 7.11 Å². The molecule has 3 aromatic rings. The smallest absolute Gasteiger partial charge is 0.313 e. The summed E-state index contributed by atoms with van der Waals surface area (Å²) >= 11 is 1.03. The third-order valence-electron chi connectivity index (χ3n) is 3.78. The monoisotopic (exact) mass is 433 g/mol. The van der Waals surface area contributed by atoms with Crippen molar-refractivity contribution in [2.75, 3.05) is 25.4 Å². The van der Waals surface area contributed by atoms with E-state index < -0.39 is 17.0 Å². The maximum absolute atomic E-state index is 12.1. The second-order valence-corrected chi connectivity index (χ2v) is 8.11. The number of carboxylic acid groups (broad SMARTS) is 1. The SMILES string of the molecule is CNS(=O)c1cccc(-c2cc(NOC)cc(-c3nc(SCC(=O)O)n[nH]3)c2)c1. The number of anilines is 1. The molecule has 29 heavy (non-hydrogen) atoms. The minimum atomic E-state index is -1.30. The summed E-state index contributed by atoms with van der Waals surface area (Å²) in [6.07, 6.45) is 0. The molecule has 0 fully saturated rings. The molecule has 0 aliphatic heterocycles. The first-order valence-corrected chi connectivity index (χ1v) is 10.5. The van der Waals surface area contributed by atoms with Crippen molar-refractivity contribution in [1.29, 1.82) is 0 Å². The van der Waals surface area contributed by atoms with Crippen molar-refractivity contribution in [1.82, 2.24) is 19.9 Å². The van der Waals surface area contributed by atoms with E-state index in [0.717, 1.165) is 28.5 Å². The molecule has 1 atom stereocenters. The Bertz CT molecular complexity index is 1040. The van der Waals surface area contributed by atoms with Gasteiger partial charge in [0.2, 0.25) is 5.16 Å². The Kier molecular flexibility index (Phi) is 6.99. The van der Waals surface area contributed by atoms with E-state index >= 15 is 0 Å². The van der Waals surface area contributed by atoms with Crippen LogP contribution in [0.4, 0.5) is 5.69 Å². The summed E-state index contributed by atoms with van der Waals surface area (Å²) in [5.74, 6) is -0.564. The molecule has 1 heterocycles. The van der Waals surface area contributed by atoms with Crippen molar-refractivity contribution in [2.24, 2.45) is 0 Å². The summed E-state index contributed by atoms with van der Waals surface area (Å²) in [5.41, 5.74) is 5.95. The van der Waals surface area contributed by atoms with Gasteiger partial charge in [-0.2, -0.15) is 0 Å². The van der Waals surface area contributed by atoms with Crippen molar-refractivity contribution in [3.8, 4) is 22.5 Å². The number of aliphatic carboxylic acids is 1. The summed E-state index contributed by atoms with van der Waals surface area (Å²) in [4.78, 5) is 20.8. The van der Waals surface area contributed by atoms with E-state index in [1.54, 1.807) is 13.1 Å². The number of hydrogen-bond acceptors (Lipinski definition) is 7. The molecule has 1 unspecified atom stereocenters. The van der Waals surface area contributed by atoms with E-state index in [1.807, 2.05) is 36.4 Å². The Labute approximate surface area is 173 Å². The number of hydrogen-bond donors (Lipinski definition) is 4. The quantitative estimate of drug-likeness (QED) is 0.299. The molecule has 0 aliphatic rings. The van der Waals surface area contributed by atoms with Crippen LogP contribution in [0.2, 0.25) is 0 Å². The van der Waals surface area contributed by atoms with Gasteiger partial charge in [0.05, 0.1) is 23.4 Å². The lowest BCUT2D eigenvalue weighted by Crippen LogP contribution is -2.10. The Balaban J connectivity index is 1.99. The molecular formula is C18H19N5O4S2. The van der Waals surface area contributed by atoms with Crippen LogP contribution in [-0.4, -0.2) is 50.4 Å². The van der Waals surface area contributed by atoms with Gasteiger partial charge in [-0.3, -0.25) is 20.2 Å². The zero-order valence-corrected chi connectivity index (χ0v) is 17.3. The Morgan fingerprint density at radius 2 is 2.03 bits per heavy atom. The average Bonchev–Trinajstić information content (AvgIpc) is 3.21. The van der Waals surface area contributed by atoms with Crippen LogP contribution in [0, 0.1) is 0 Å². The van der Waals surface area contributed by atoms with Crippen LogP contribution < -0.4 is 10.2 Å². The van der Waals surface area contributed by atoms with Crippen LogP contribution in [0.25, 0.3) is 22.5 Å². The highest BCUT2D eigenvalue weighted by molar-refractivity contribution is 7.99. The third kappa shape index (κ3) is 5.41. The molecular weight excluding hydrogens is 414 g/mol. The maximum Gasteiger partial charge on any atom is 0.313 e. The summed E-state index contributed by atoms with van der Waals surface area (Å²) in [6.45, 7) is 0. The normalized spacial score (nSPS) is 11.9. The summed E-state index contributed by atoms with van der Waals surface area (Å²) in [6, 6.07) is 13.0. The molecule has 0 radical (unpaired) electrons. The number of carbonyl (C=O) groups is 1. The van der Waals surface area contributed by atoms with Gasteiger partial charge in [0.25, 0.3) is 0 Å².